The number of amides is 1. The van der Waals surface area contributed by atoms with Gasteiger partial charge in [-0.25, -0.2) is 0 Å². The molecule has 2 aromatic rings. The minimum atomic E-state index is -4.71. The van der Waals surface area contributed by atoms with Crippen molar-refractivity contribution in [1.29, 1.82) is 0 Å². The molecule has 6 nitrogen and oxygen atoms in total. The summed E-state index contributed by atoms with van der Waals surface area (Å²) >= 11 is 5.63. The second-order valence-electron chi connectivity index (χ2n) is 4.29. The Morgan fingerprint density at radius 3 is 2.43 bits per heavy atom. The third-order valence-corrected chi connectivity index (χ3v) is 3.10. The van der Waals surface area contributed by atoms with Gasteiger partial charge < -0.3 is 9.84 Å². The van der Waals surface area contributed by atoms with Crippen molar-refractivity contribution in [3.05, 3.63) is 27.9 Å². The molecule has 0 radical (unpaired) electrons. The van der Waals surface area contributed by atoms with Crippen molar-refractivity contribution < 1.29 is 22.5 Å². The Hall–Kier alpha value is -2.03. The molecule has 2 aromatic heterocycles. The van der Waals surface area contributed by atoms with Crippen LogP contribution in [-0.2, 0) is 13.2 Å². The van der Waals surface area contributed by atoms with E-state index in [-0.39, 0.29) is 5.69 Å². The van der Waals surface area contributed by atoms with E-state index in [9.17, 15) is 18.0 Å². The second-order valence-corrected chi connectivity index (χ2v) is 4.66. The first-order chi connectivity index (χ1) is 9.62. The molecule has 0 saturated carbocycles. The Bertz CT molecular complexity index is 686. The quantitative estimate of drug-likeness (QED) is 0.922. The van der Waals surface area contributed by atoms with Crippen LogP contribution < -0.4 is 5.32 Å². The summed E-state index contributed by atoms with van der Waals surface area (Å²) in [6, 6.07) is 0. The van der Waals surface area contributed by atoms with E-state index in [0.29, 0.717) is 16.1 Å². The van der Waals surface area contributed by atoms with Crippen molar-refractivity contribution in [1.82, 2.24) is 14.9 Å². The van der Waals surface area contributed by atoms with Crippen molar-refractivity contribution in [3.63, 3.8) is 0 Å². The number of alkyl halides is 3. The number of hydrogen-bond acceptors (Lipinski definition) is 4. The highest BCUT2D eigenvalue weighted by Gasteiger charge is 2.40. The molecule has 0 aliphatic heterocycles. The number of aromatic nitrogens is 3. The molecule has 1 N–H and O–H groups in total. The van der Waals surface area contributed by atoms with Gasteiger partial charge in [-0.3, -0.25) is 9.48 Å². The average Bonchev–Trinajstić information content (AvgIpc) is 2.82. The fourth-order valence-electron chi connectivity index (χ4n) is 1.79. The number of aryl methyl sites for hydroxylation is 3. The number of nitrogens with one attached hydrogen (secondary N) is 1. The van der Waals surface area contributed by atoms with Crippen LogP contribution in [0, 0.1) is 13.8 Å². The molecule has 0 fully saturated rings. The normalized spacial score (nSPS) is 11.8. The van der Waals surface area contributed by atoms with Crippen molar-refractivity contribution in [2.24, 2.45) is 7.05 Å². The molecule has 0 aliphatic rings. The first-order valence-corrected chi connectivity index (χ1v) is 6.04. The maximum absolute atomic E-state index is 12.8. The lowest BCUT2D eigenvalue weighted by Crippen LogP contribution is -2.14. The summed E-state index contributed by atoms with van der Waals surface area (Å²) in [6.45, 7) is 3.13. The number of carbonyl (C=O) groups is 1. The molecule has 1 amide bonds. The maximum Gasteiger partial charge on any atom is 0.434 e. The molecule has 0 bridgehead atoms. The van der Waals surface area contributed by atoms with Gasteiger partial charge in [0.25, 0.3) is 5.91 Å². The zero-order chi connectivity index (χ0) is 15.9. The van der Waals surface area contributed by atoms with E-state index >= 15 is 0 Å². The van der Waals surface area contributed by atoms with Gasteiger partial charge in [-0.1, -0.05) is 16.8 Å². The number of anilines is 1. The highest BCUT2D eigenvalue weighted by Crippen LogP contribution is 2.36. The maximum atomic E-state index is 12.8. The van der Waals surface area contributed by atoms with E-state index in [2.05, 4.69) is 15.6 Å². The van der Waals surface area contributed by atoms with Crippen LogP contribution in [0.4, 0.5) is 18.9 Å². The van der Waals surface area contributed by atoms with Crippen LogP contribution in [0.3, 0.4) is 0 Å². The Morgan fingerprint density at radius 1 is 1.38 bits per heavy atom. The molecular formula is C11H10ClF3N4O2. The van der Waals surface area contributed by atoms with E-state index in [1.165, 1.54) is 0 Å². The van der Waals surface area contributed by atoms with Gasteiger partial charge in [0.15, 0.2) is 17.1 Å². The van der Waals surface area contributed by atoms with Crippen molar-refractivity contribution in [3.8, 4) is 0 Å². The molecular weight excluding hydrogens is 313 g/mol. The SMILES string of the molecule is Cc1noc(C)c1NC(=O)c1nn(C)c(C(F)(F)F)c1Cl. The predicted molar refractivity (Wildman–Crippen MR) is 67.2 cm³/mol. The minimum Gasteiger partial charge on any atom is -0.359 e. The van der Waals surface area contributed by atoms with E-state index in [1.807, 2.05) is 0 Å². The molecule has 0 aliphatic carbocycles. The van der Waals surface area contributed by atoms with E-state index in [1.54, 1.807) is 13.8 Å². The molecule has 114 valence electrons. The van der Waals surface area contributed by atoms with Gasteiger partial charge in [0.05, 0.1) is 0 Å². The average molecular weight is 323 g/mol. The van der Waals surface area contributed by atoms with Crippen LogP contribution in [0.2, 0.25) is 5.02 Å². The Kier molecular flexibility index (Phi) is 3.70. The summed E-state index contributed by atoms with van der Waals surface area (Å²) in [6.07, 6.45) is -4.71. The van der Waals surface area contributed by atoms with Gasteiger partial charge >= 0.3 is 6.18 Å². The predicted octanol–water partition coefficient (Wildman–Crippen LogP) is 2.95. The molecule has 2 heterocycles. The van der Waals surface area contributed by atoms with E-state index in [4.69, 9.17) is 16.1 Å². The van der Waals surface area contributed by atoms with Gasteiger partial charge in [0, 0.05) is 7.05 Å². The summed E-state index contributed by atoms with van der Waals surface area (Å²) in [5, 5.41) is 8.77. The third-order valence-electron chi connectivity index (χ3n) is 2.74. The lowest BCUT2D eigenvalue weighted by atomic mass is 10.3. The standard InChI is InChI=1S/C11H10ClF3N4O2/c1-4-7(5(2)21-18-4)16-10(20)8-6(12)9(11(13,14)15)19(3)17-8/h1-3H3,(H,16,20). The van der Waals surface area contributed by atoms with Gasteiger partial charge in [-0.2, -0.15) is 18.3 Å². The molecule has 10 heteroatoms. The van der Waals surface area contributed by atoms with Crippen molar-refractivity contribution in [2.75, 3.05) is 5.32 Å². The summed E-state index contributed by atoms with van der Waals surface area (Å²) in [5.74, 6) is -0.551. The minimum absolute atomic E-state index is 0.273. The van der Waals surface area contributed by atoms with Crippen LogP contribution in [0.15, 0.2) is 4.52 Å². The lowest BCUT2D eigenvalue weighted by molar-refractivity contribution is -0.143. The van der Waals surface area contributed by atoms with Crippen LogP contribution in [0.1, 0.15) is 27.6 Å². The Labute approximate surface area is 121 Å². The van der Waals surface area contributed by atoms with Gasteiger partial charge in [0.1, 0.15) is 16.4 Å². The summed E-state index contributed by atoms with van der Waals surface area (Å²) in [4.78, 5) is 12.0. The van der Waals surface area contributed by atoms with E-state index < -0.39 is 28.5 Å². The number of nitrogens with zero attached hydrogens (tertiary/aromatic N) is 3. The molecule has 0 unspecified atom stereocenters. The molecule has 21 heavy (non-hydrogen) atoms. The zero-order valence-corrected chi connectivity index (χ0v) is 11.9. The highest BCUT2D eigenvalue weighted by atomic mass is 35.5. The first-order valence-electron chi connectivity index (χ1n) is 5.66. The summed E-state index contributed by atoms with van der Waals surface area (Å²) in [7, 11) is 1.06. The Balaban J connectivity index is 2.38. The lowest BCUT2D eigenvalue weighted by Gasteiger charge is -2.06. The highest BCUT2D eigenvalue weighted by molar-refractivity contribution is 6.34. The van der Waals surface area contributed by atoms with Gasteiger partial charge in [0.2, 0.25) is 0 Å². The number of carbonyl (C=O) groups excluding carboxylic acids is 1. The largest absolute Gasteiger partial charge is 0.434 e. The van der Waals surface area contributed by atoms with E-state index in [0.717, 1.165) is 7.05 Å². The van der Waals surface area contributed by atoms with Crippen LogP contribution in [-0.4, -0.2) is 20.8 Å². The third kappa shape index (κ3) is 2.73. The fraction of sp³-hybridized carbons (Fsp3) is 0.364. The van der Waals surface area contributed by atoms with Crippen molar-refractivity contribution >= 4 is 23.2 Å². The monoisotopic (exact) mass is 322 g/mol. The molecule has 0 spiro atoms. The zero-order valence-electron chi connectivity index (χ0n) is 11.2. The summed E-state index contributed by atoms with van der Waals surface area (Å²) in [5.41, 5.74) is -1.04. The van der Waals surface area contributed by atoms with Gasteiger partial charge in [-0.05, 0) is 13.8 Å². The summed E-state index contributed by atoms with van der Waals surface area (Å²) < 4.78 is 43.7. The smallest absolute Gasteiger partial charge is 0.359 e. The molecule has 2 rings (SSSR count). The number of rotatable bonds is 2. The van der Waals surface area contributed by atoms with Crippen LogP contribution in [0.5, 0.6) is 0 Å². The topological polar surface area (TPSA) is 73.0 Å². The number of hydrogen-bond donors (Lipinski definition) is 1. The Morgan fingerprint density at radius 2 is 2.00 bits per heavy atom. The van der Waals surface area contributed by atoms with Gasteiger partial charge in [-0.15, -0.1) is 0 Å². The first kappa shape index (κ1) is 15.4. The van der Waals surface area contributed by atoms with Crippen molar-refractivity contribution in [2.45, 2.75) is 20.0 Å². The van der Waals surface area contributed by atoms with Crippen LogP contribution >= 0.6 is 11.6 Å². The molecule has 0 saturated heterocycles. The second kappa shape index (κ2) is 5.06. The molecule has 0 atom stereocenters. The number of halogens is 4. The fourth-order valence-corrected chi connectivity index (χ4v) is 2.14. The molecule has 0 aromatic carbocycles. The van der Waals surface area contributed by atoms with Crippen LogP contribution in [0.25, 0.3) is 0 Å².